The van der Waals surface area contributed by atoms with Crippen LogP contribution in [0.5, 0.6) is 0 Å². The Morgan fingerprint density at radius 2 is 0.889 bits per heavy atom. The molecule has 0 heterocycles. The van der Waals surface area contributed by atoms with Crippen molar-refractivity contribution >= 4 is 0 Å². The Bertz CT molecular complexity index is 355. The molecule has 0 amide bonds. The fourth-order valence-corrected chi connectivity index (χ4v) is 1.24. The number of benzene rings is 1. The van der Waals surface area contributed by atoms with Crippen LogP contribution in [0.2, 0.25) is 0 Å². The Balaban J connectivity index is 2.94. The smallest absolute Gasteiger partial charge is 0.379 e. The van der Waals surface area contributed by atoms with Crippen molar-refractivity contribution < 1.29 is 36.6 Å². The molecule has 1 rings (SSSR count). The Kier molecular flexibility index (Phi) is 3.92. The maximum absolute atomic E-state index is 12.1. The Hall–Kier alpha value is -1.28. The highest BCUT2D eigenvalue weighted by Gasteiger charge is 2.41. The summed E-state index contributed by atoms with van der Waals surface area (Å²) >= 11 is 0. The molecule has 102 valence electrons. The SMILES string of the molecule is OC(c1ccc(C(O)C(F)(F)F)cc1)C(F)(F)F. The largest absolute Gasteiger partial charge is 0.418 e. The van der Waals surface area contributed by atoms with Crippen molar-refractivity contribution in [2.45, 2.75) is 24.6 Å². The molecular weight excluding hydrogens is 266 g/mol. The van der Waals surface area contributed by atoms with E-state index in [1.807, 2.05) is 0 Å². The van der Waals surface area contributed by atoms with Crippen LogP contribution in [0.1, 0.15) is 23.3 Å². The Morgan fingerprint density at radius 1 is 0.667 bits per heavy atom. The zero-order chi connectivity index (χ0) is 14.1. The van der Waals surface area contributed by atoms with Crippen LogP contribution in [0.25, 0.3) is 0 Å². The first-order valence-electron chi connectivity index (χ1n) is 4.63. The van der Waals surface area contributed by atoms with Crippen LogP contribution < -0.4 is 0 Å². The van der Waals surface area contributed by atoms with Crippen molar-refractivity contribution in [2.24, 2.45) is 0 Å². The standard InChI is InChI=1S/C10H8F6O2/c11-9(12,13)7(17)5-1-2-6(4-3-5)8(18)10(14,15)16/h1-4,7-8,17-18H. The molecule has 2 nitrogen and oxygen atoms in total. The lowest BCUT2D eigenvalue weighted by Crippen LogP contribution is -2.21. The maximum atomic E-state index is 12.1. The molecular formula is C10H8F6O2. The van der Waals surface area contributed by atoms with Crippen LogP contribution in [-0.4, -0.2) is 22.6 Å². The van der Waals surface area contributed by atoms with E-state index in [-0.39, 0.29) is 0 Å². The fraction of sp³-hybridized carbons (Fsp3) is 0.400. The molecule has 2 atom stereocenters. The van der Waals surface area contributed by atoms with Crippen molar-refractivity contribution in [3.63, 3.8) is 0 Å². The molecule has 0 aliphatic heterocycles. The maximum Gasteiger partial charge on any atom is 0.418 e. The van der Waals surface area contributed by atoms with E-state index in [1.54, 1.807) is 0 Å². The molecule has 1 aromatic carbocycles. The van der Waals surface area contributed by atoms with Crippen molar-refractivity contribution in [2.75, 3.05) is 0 Å². The van der Waals surface area contributed by atoms with Crippen LogP contribution in [0.15, 0.2) is 24.3 Å². The number of aliphatic hydroxyl groups is 2. The van der Waals surface area contributed by atoms with Gasteiger partial charge in [0.25, 0.3) is 0 Å². The lowest BCUT2D eigenvalue weighted by atomic mass is 10.0. The minimum Gasteiger partial charge on any atom is -0.379 e. The van der Waals surface area contributed by atoms with Gasteiger partial charge in [-0.15, -0.1) is 0 Å². The van der Waals surface area contributed by atoms with Gasteiger partial charge in [-0.3, -0.25) is 0 Å². The van der Waals surface area contributed by atoms with Crippen molar-refractivity contribution in [1.82, 2.24) is 0 Å². The zero-order valence-corrected chi connectivity index (χ0v) is 8.63. The lowest BCUT2D eigenvalue weighted by Gasteiger charge is -2.17. The van der Waals surface area contributed by atoms with E-state index in [2.05, 4.69) is 0 Å². The highest BCUT2D eigenvalue weighted by atomic mass is 19.4. The third kappa shape index (κ3) is 3.36. The summed E-state index contributed by atoms with van der Waals surface area (Å²) < 4.78 is 72.6. The summed E-state index contributed by atoms with van der Waals surface area (Å²) in [5.74, 6) is 0. The lowest BCUT2D eigenvalue weighted by molar-refractivity contribution is -0.208. The van der Waals surface area contributed by atoms with Gasteiger partial charge < -0.3 is 10.2 Å². The molecule has 0 bridgehead atoms. The van der Waals surface area contributed by atoms with E-state index in [9.17, 15) is 26.3 Å². The molecule has 0 aromatic heterocycles. The van der Waals surface area contributed by atoms with Gasteiger partial charge in [-0.05, 0) is 11.1 Å². The second kappa shape index (κ2) is 4.77. The van der Waals surface area contributed by atoms with Gasteiger partial charge in [0, 0.05) is 0 Å². The van der Waals surface area contributed by atoms with E-state index in [0.29, 0.717) is 24.3 Å². The third-order valence-corrected chi connectivity index (χ3v) is 2.19. The minimum atomic E-state index is -4.90. The van der Waals surface area contributed by atoms with E-state index < -0.39 is 35.7 Å². The predicted octanol–water partition coefficient (Wildman–Crippen LogP) is 2.88. The molecule has 0 aliphatic rings. The molecule has 0 saturated carbocycles. The highest BCUT2D eigenvalue weighted by Crippen LogP contribution is 2.35. The Morgan fingerprint density at radius 3 is 1.06 bits per heavy atom. The van der Waals surface area contributed by atoms with Gasteiger partial charge >= 0.3 is 12.4 Å². The molecule has 1 aromatic rings. The molecule has 2 N–H and O–H groups in total. The summed E-state index contributed by atoms with van der Waals surface area (Å²) in [5, 5.41) is 17.7. The van der Waals surface area contributed by atoms with Gasteiger partial charge in [0.2, 0.25) is 0 Å². The first-order valence-corrected chi connectivity index (χ1v) is 4.63. The van der Waals surface area contributed by atoms with Crippen molar-refractivity contribution in [3.05, 3.63) is 35.4 Å². The minimum absolute atomic E-state index is 0.597. The zero-order valence-electron chi connectivity index (χ0n) is 8.63. The normalized spacial score (nSPS) is 16.4. The molecule has 18 heavy (non-hydrogen) atoms. The second-order valence-corrected chi connectivity index (χ2v) is 3.55. The quantitative estimate of drug-likeness (QED) is 0.814. The van der Waals surface area contributed by atoms with Crippen molar-refractivity contribution in [3.8, 4) is 0 Å². The van der Waals surface area contributed by atoms with Crippen molar-refractivity contribution in [1.29, 1.82) is 0 Å². The van der Waals surface area contributed by atoms with Crippen LogP contribution in [0, 0.1) is 0 Å². The van der Waals surface area contributed by atoms with Gasteiger partial charge in [-0.2, -0.15) is 26.3 Å². The van der Waals surface area contributed by atoms with Crippen LogP contribution in [0.3, 0.4) is 0 Å². The Labute approximate surface area is 97.5 Å². The van der Waals surface area contributed by atoms with Gasteiger partial charge in [0.05, 0.1) is 0 Å². The summed E-state index contributed by atoms with van der Waals surface area (Å²) in [6, 6.07) is 2.73. The molecule has 0 fully saturated rings. The molecule has 0 aliphatic carbocycles. The summed E-state index contributed by atoms with van der Waals surface area (Å²) in [7, 11) is 0. The summed E-state index contributed by atoms with van der Waals surface area (Å²) in [4.78, 5) is 0. The molecule has 2 unspecified atom stereocenters. The number of halogens is 6. The summed E-state index contributed by atoms with van der Waals surface area (Å²) in [6.45, 7) is 0. The van der Waals surface area contributed by atoms with Gasteiger partial charge in [0.1, 0.15) is 0 Å². The number of hydrogen-bond donors (Lipinski definition) is 2. The molecule has 0 radical (unpaired) electrons. The van der Waals surface area contributed by atoms with E-state index in [1.165, 1.54) is 0 Å². The monoisotopic (exact) mass is 274 g/mol. The number of rotatable bonds is 2. The van der Waals surface area contributed by atoms with Gasteiger partial charge in [-0.1, -0.05) is 24.3 Å². The molecule has 0 spiro atoms. The number of aliphatic hydroxyl groups excluding tert-OH is 2. The summed E-state index contributed by atoms with van der Waals surface area (Å²) in [5.41, 5.74) is -1.19. The topological polar surface area (TPSA) is 40.5 Å². The van der Waals surface area contributed by atoms with Crippen LogP contribution in [0.4, 0.5) is 26.3 Å². The number of hydrogen-bond acceptors (Lipinski definition) is 2. The van der Waals surface area contributed by atoms with Crippen LogP contribution in [-0.2, 0) is 0 Å². The molecule has 0 saturated heterocycles. The van der Waals surface area contributed by atoms with Gasteiger partial charge in [-0.25, -0.2) is 0 Å². The average Bonchev–Trinajstić information content (AvgIpc) is 2.25. The van der Waals surface area contributed by atoms with E-state index >= 15 is 0 Å². The third-order valence-electron chi connectivity index (χ3n) is 2.19. The van der Waals surface area contributed by atoms with Gasteiger partial charge in [0.15, 0.2) is 12.2 Å². The molecule has 8 heteroatoms. The van der Waals surface area contributed by atoms with E-state index in [4.69, 9.17) is 10.2 Å². The first kappa shape index (κ1) is 14.8. The second-order valence-electron chi connectivity index (χ2n) is 3.55. The van der Waals surface area contributed by atoms with Crippen LogP contribution >= 0.6 is 0 Å². The highest BCUT2D eigenvalue weighted by molar-refractivity contribution is 5.27. The number of alkyl halides is 6. The predicted molar refractivity (Wildman–Crippen MR) is 48.5 cm³/mol. The van der Waals surface area contributed by atoms with E-state index in [0.717, 1.165) is 0 Å². The fourth-order valence-electron chi connectivity index (χ4n) is 1.24. The first-order chi connectivity index (χ1) is 8.03. The average molecular weight is 274 g/mol. The summed E-state index contributed by atoms with van der Waals surface area (Å²) in [6.07, 6.45) is -15.3.